The van der Waals surface area contributed by atoms with Crippen LogP contribution in [0.1, 0.15) is 42.6 Å². The molecule has 1 N–H and O–H groups in total. The fourth-order valence-electron chi connectivity index (χ4n) is 2.16. The van der Waals surface area contributed by atoms with Crippen LogP contribution in [0.25, 0.3) is 0 Å². The molecule has 1 aliphatic rings. The third-order valence-electron chi connectivity index (χ3n) is 3.88. The van der Waals surface area contributed by atoms with E-state index in [9.17, 15) is 18.0 Å². The summed E-state index contributed by atoms with van der Waals surface area (Å²) in [5.74, 6) is -0.607. The van der Waals surface area contributed by atoms with Crippen LogP contribution in [0.2, 0.25) is 0 Å². The highest BCUT2D eigenvalue weighted by molar-refractivity contribution is 7.92. The number of ketones is 1. The molecule has 0 aliphatic heterocycles. The smallest absolute Gasteiger partial charge is 0.238 e. The van der Waals surface area contributed by atoms with Crippen LogP contribution in [0.5, 0.6) is 5.75 Å². The Morgan fingerprint density at radius 3 is 2.52 bits per heavy atom. The number of carbonyl (C=O) groups is 2. The number of Topliss-reactive ketones (excluding diaryl/α,β-unsaturated/α-hetero) is 1. The summed E-state index contributed by atoms with van der Waals surface area (Å²) in [4.78, 5) is 23.5. The van der Waals surface area contributed by atoms with Crippen molar-refractivity contribution in [2.24, 2.45) is 0 Å². The Morgan fingerprint density at radius 1 is 1.35 bits per heavy atom. The first kappa shape index (κ1) is 17.5. The third kappa shape index (κ3) is 4.31. The van der Waals surface area contributed by atoms with E-state index in [1.165, 1.54) is 27.0 Å². The fraction of sp³-hybridized carbons (Fsp3) is 0.500. The van der Waals surface area contributed by atoms with E-state index in [4.69, 9.17) is 4.74 Å². The highest BCUT2D eigenvalue weighted by Gasteiger charge is 2.33. The Bertz CT molecular complexity index is 722. The van der Waals surface area contributed by atoms with Crippen LogP contribution in [-0.2, 0) is 20.4 Å². The van der Waals surface area contributed by atoms with Gasteiger partial charge < -0.3 is 10.1 Å². The van der Waals surface area contributed by atoms with Gasteiger partial charge in [0.2, 0.25) is 5.91 Å². The lowest BCUT2D eigenvalue weighted by atomic mass is 10.1. The molecule has 6 nitrogen and oxygen atoms in total. The number of nitrogens with one attached hydrogen (secondary N) is 1. The van der Waals surface area contributed by atoms with Crippen molar-refractivity contribution in [3.05, 3.63) is 29.3 Å². The molecule has 0 saturated heterocycles. The first-order chi connectivity index (χ1) is 10.7. The Kier molecular flexibility index (Phi) is 5.09. The molecule has 1 aromatic rings. The molecule has 0 unspecified atom stereocenters. The zero-order valence-electron chi connectivity index (χ0n) is 13.5. The Hall–Kier alpha value is -1.89. The van der Waals surface area contributed by atoms with Crippen molar-refractivity contribution in [2.75, 3.05) is 7.11 Å². The van der Waals surface area contributed by atoms with Crippen LogP contribution in [0.4, 0.5) is 0 Å². The molecule has 0 spiro atoms. The molecule has 7 heteroatoms. The molecule has 2 rings (SSSR count). The quantitative estimate of drug-likeness (QED) is 0.760. The van der Waals surface area contributed by atoms with Crippen LogP contribution in [0, 0.1) is 0 Å². The number of hydrogen-bond acceptors (Lipinski definition) is 5. The minimum absolute atomic E-state index is 0.107. The average molecular weight is 339 g/mol. The van der Waals surface area contributed by atoms with Gasteiger partial charge in [-0.1, -0.05) is 0 Å². The first-order valence-corrected chi connectivity index (χ1v) is 9.16. The molecule has 0 radical (unpaired) electrons. The number of hydrogen-bond donors (Lipinski definition) is 1. The van der Waals surface area contributed by atoms with Gasteiger partial charge in [0, 0.05) is 17.2 Å². The molecule has 1 aliphatic carbocycles. The number of carbonyl (C=O) groups excluding carboxylic acids is 2. The summed E-state index contributed by atoms with van der Waals surface area (Å²) in [6.07, 6.45) is 1.79. The average Bonchev–Trinajstić information content (AvgIpc) is 3.29. The number of sulfone groups is 1. The maximum Gasteiger partial charge on any atom is 0.238 e. The predicted molar refractivity (Wildman–Crippen MR) is 86.2 cm³/mol. The van der Waals surface area contributed by atoms with Crippen LogP contribution in [-0.4, -0.2) is 38.5 Å². The van der Waals surface area contributed by atoms with Gasteiger partial charge in [-0.2, -0.15) is 0 Å². The molecule has 1 saturated carbocycles. The van der Waals surface area contributed by atoms with Crippen molar-refractivity contribution in [1.82, 2.24) is 5.32 Å². The van der Waals surface area contributed by atoms with E-state index in [1.807, 2.05) is 0 Å². The zero-order chi connectivity index (χ0) is 17.2. The number of ether oxygens (including phenoxy) is 1. The van der Waals surface area contributed by atoms with E-state index in [-0.39, 0.29) is 17.6 Å². The van der Waals surface area contributed by atoms with Crippen LogP contribution < -0.4 is 10.1 Å². The van der Waals surface area contributed by atoms with Crippen LogP contribution in [0.3, 0.4) is 0 Å². The second-order valence-corrected chi connectivity index (χ2v) is 8.14. The molecule has 126 valence electrons. The van der Waals surface area contributed by atoms with Crippen LogP contribution >= 0.6 is 0 Å². The Morgan fingerprint density at radius 2 is 2.00 bits per heavy atom. The summed E-state index contributed by atoms with van der Waals surface area (Å²) < 4.78 is 30.1. The first-order valence-electron chi connectivity index (χ1n) is 7.44. The zero-order valence-corrected chi connectivity index (χ0v) is 14.3. The van der Waals surface area contributed by atoms with Crippen molar-refractivity contribution in [1.29, 1.82) is 0 Å². The molecule has 0 bridgehead atoms. The largest absolute Gasteiger partial charge is 0.496 e. The van der Waals surface area contributed by atoms with Gasteiger partial charge in [0.25, 0.3) is 0 Å². The summed E-state index contributed by atoms with van der Waals surface area (Å²) >= 11 is 0. The van der Waals surface area contributed by atoms with E-state index in [2.05, 4.69) is 5.32 Å². The number of methoxy groups -OCH3 is 1. The number of amides is 1. The Labute approximate surface area is 136 Å². The second kappa shape index (κ2) is 6.70. The summed E-state index contributed by atoms with van der Waals surface area (Å²) in [6.45, 7) is 2.79. The number of benzene rings is 1. The lowest BCUT2D eigenvalue weighted by molar-refractivity contribution is -0.120. The van der Waals surface area contributed by atoms with E-state index in [0.29, 0.717) is 16.9 Å². The minimum Gasteiger partial charge on any atom is -0.496 e. The van der Waals surface area contributed by atoms with Gasteiger partial charge in [-0.05, 0) is 44.9 Å². The second-order valence-electron chi connectivity index (χ2n) is 5.82. The summed E-state index contributed by atoms with van der Waals surface area (Å²) in [5, 5.41) is 1.56. The molecule has 1 aromatic carbocycles. The summed E-state index contributed by atoms with van der Waals surface area (Å²) in [6, 6.07) is 4.76. The maximum absolute atomic E-state index is 12.5. The molecule has 23 heavy (non-hydrogen) atoms. The molecule has 0 heterocycles. The monoisotopic (exact) mass is 339 g/mol. The fourth-order valence-corrected chi connectivity index (χ4v) is 3.46. The lowest BCUT2D eigenvalue weighted by Gasteiger charge is -2.15. The summed E-state index contributed by atoms with van der Waals surface area (Å²) in [7, 11) is -2.28. The molecular formula is C16H21NO5S. The standard InChI is InChI=1S/C16H21NO5S/c1-10(18)12-4-7-15(22-3)13(8-12)9-23(20,21)11(2)16(19)17-14-5-6-14/h4,7-8,11,14H,5-6,9H2,1-3H3,(H,17,19)/t11-/m1/s1. The van der Waals surface area contributed by atoms with E-state index < -0.39 is 21.0 Å². The molecular weight excluding hydrogens is 318 g/mol. The van der Waals surface area contributed by atoms with Gasteiger partial charge in [0.05, 0.1) is 12.9 Å². The Balaban J connectivity index is 2.22. The van der Waals surface area contributed by atoms with Crippen molar-refractivity contribution in [2.45, 2.75) is 43.7 Å². The highest BCUT2D eigenvalue weighted by atomic mass is 32.2. The van der Waals surface area contributed by atoms with Crippen molar-refractivity contribution >= 4 is 21.5 Å². The van der Waals surface area contributed by atoms with E-state index in [1.54, 1.807) is 12.1 Å². The van der Waals surface area contributed by atoms with Gasteiger partial charge in [-0.3, -0.25) is 9.59 Å². The predicted octanol–water partition coefficient (Wildman–Crippen LogP) is 1.48. The maximum atomic E-state index is 12.5. The van der Waals surface area contributed by atoms with Crippen molar-refractivity contribution < 1.29 is 22.7 Å². The highest BCUT2D eigenvalue weighted by Crippen LogP contribution is 2.25. The van der Waals surface area contributed by atoms with E-state index in [0.717, 1.165) is 12.8 Å². The van der Waals surface area contributed by atoms with E-state index >= 15 is 0 Å². The molecule has 0 aromatic heterocycles. The van der Waals surface area contributed by atoms with Crippen LogP contribution in [0.15, 0.2) is 18.2 Å². The molecule has 1 amide bonds. The van der Waals surface area contributed by atoms with Crippen molar-refractivity contribution in [3.8, 4) is 5.75 Å². The lowest BCUT2D eigenvalue weighted by Crippen LogP contribution is -2.39. The van der Waals surface area contributed by atoms with Gasteiger partial charge in [-0.15, -0.1) is 0 Å². The summed E-state index contributed by atoms with van der Waals surface area (Å²) in [5.41, 5.74) is 0.789. The van der Waals surface area contributed by atoms with Crippen molar-refractivity contribution in [3.63, 3.8) is 0 Å². The SMILES string of the molecule is COc1ccc(C(C)=O)cc1CS(=O)(=O)[C@H](C)C(=O)NC1CC1. The third-order valence-corrected chi connectivity index (χ3v) is 5.88. The molecule has 1 atom stereocenters. The topological polar surface area (TPSA) is 89.5 Å². The minimum atomic E-state index is -3.71. The van der Waals surface area contributed by atoms with Gasteiger partial charge in [0.15, 0.2) is 15.6 Å². The van der Waals surface area contributed by atoms with Gasteiger partial charge in [-0.25, -0.2) is 8.42 Å². The molecule has 1 fully saturated rings. The normalized spacial score (nSPS) is 15.8. The number of rotatable bonds is 7. The van der Waals surface area contributed by atoms with Gasteiger partial charge in [0.1, 0.15) is 11.0 Å². The van der Waals surface area contributed by atoms with Gasteiger partial charge >= 0.3 is 0 Å².